The van der Waals surface area contributed by atoms with Gasteiger partial charge < -0.3 is 10.1 Å². The van der Waals surface area contributed by atoms with Gasteiger partial charge in [0, 0.05) is 31.1 Å². The Labute approximate surface area is 136 Å². The minimum absolute atomic E-state index is 0.140. The lowest BCUT2D eigenvalue weighted by Gasteiger charge is -2.35. The van der Waals surface area contributed by atoms with Gasteiger partial charge >= 0.3 is 0 Å². The summed E-state index contributed by atoms with van der Waals surface area (Å²) in [6.07, 6.45) is 1.000. The molecule has 2 N–H and O–H groups in total. The summed E-state index contributed by atoms with van der Waals surface area (Å²) < 4.78 is 5.79. The summed E-state index contributed by atoms with van der Waals surface area (Å²) >= 11 is 0. The van der Waals surface area contributed by atoms with Crippen molar-refractivity contribution in [1.82, 2.24) is 20.4 Å². The zero-order valence-electron chi connectivity index (χ0n) is 13.7. The molecule has 1 saturated heterocycles. The number of nitrogens with one attached hydrogen (secondary N) is 2. The Hall–Kier alpha value is -1.92. The predicted octanol–water partition coefficient (Wildman–Crippen LogP) is 1.79. The average Bonchev–Trinajstić information content (AvgIpc) is 2.99. The van der Waals surface area contributed by atoms with Crippen LogP contribution in [0.5, 0.6) is 0 Å². The number of aromatic nitrogens is 2. The average molecular weight is 316 g/mol. The number of aromatic amines is 1. The van der Waals surface area contributed by atoms with Gasteiger partial charge in [0.05, 0.1) is 18.2 Å². The Morgan fingerprint density at radius 2 is 2.30 bits per heavy atom. The van der Waals surface area contributed by atoms with E-state index in [4.69, 9.17) is 4.74 Å². The van der Waals surface area contributed by atoms with Crippen molar-refractivity contribution in [2.24, 2.45) is 0 Å². The fourth-order valence-electron chi connectivity index (χ4n) is 2.95. The van der Waals surface area contributed by atoms with Crippen molar-refractivity contribution >= 4 is 16.8 Å². The number of amides is 1. The number of carbonyl (C=O) groups is 1. The highest BCUT2D eigenvalue weighted by molar-refractivity contribution is 6.04. The summed E-state index contributed by atoms with van der Waals surface area (Å²) in [5.74, 6) is -0.140. The summed E-state index contributed by atoms with van der Waals surface area (Å²) in [5, 5.41) is 10.8. The Balaban J connectivity index is 1.51. The van der Waals surface area contributed by atoms with E-state index in [9.17, 15) is 4.79 Å². The predicted molar refractivity (Wildman–Crippen MR) is 89.5 cm³/mol. The number of hydrogen-bond acceptors (Lipinski definition) is 4. The summed E-state index contributed by atoms with van der Waals surface area (Å²) in [6.45, 7) is 7.68. The van der Waals surface area contributed by atoms with Crippen LogP contribution in [-0.2, 0) is 4.74 Å². The number of morpholine rings is 1. The normalized spacial score (nSPS) is 19.3. The molecule has 3 rings (SSSR count). The van der Waals surface area contributed by atoms with Gasteiger partial charge in [0.25, 0.3) is 5.91 Å². The van der Waals surface area contributed by atoms with Crippen LogP contribution < -0.4 is 5.32 Å². The molecule has 0 unspecified atom stereocenters. The Bertz CT molecular complexity index is 667. The van der Waals surface area contributed by atoms with Gasteiger partial charge in [0.1, 0.15) is 0 Å². The number of hydrogen-bond donors (Lipinski definition) is 2. The van der Waals surface area contributed by atoms with Crippen molar-refractivity contribution in [1.29, 1.82) is 0 Å². The molecule has 1 amide bonds. The number of H-pyrrole nitrogens is 1. The maximum absolute atomic E-state index is 12.3. The van der Waals surface area contributed by atoms with Gasteiger partial charge in [-0.05, 0) is 26.3 Å². The van der Waals surface area contributed by atoms with Crippen LogP contribution in [0.1, 0.15) is 30.8 Å². The van der Waals surface area contributed by atoms with Crippen molar-refractivity contribution in [2.75, 3.05) is 26.2 Å². The third-order valence-corrected chi connectivity index (χ3v) is 4.34. The summed E-state index contributed by atoms with van der Waals surface area (Å²) in [6, 6.07) is 8.17. The van der Waals surface area contributed by atoms with Crippen LogP contribution in [-0.4, -0.2) is 59.4 Å². The number of fused-ring (bicyclic) bond motifs is 1. The van der Waals surface area contributed by atoms with Gasteiger partial charge in [-0.1, -0.05) is 18.2 Å². The molecule has 0 saturated carbocycles. The SMILES string of the molecule is CC(C)N1CCO[C@@H](CCNC(=O)c2n[nH]c3ccccc23)C1. The minimum Gasteiger partial charge on any atom is -0.375 e. The quantitative estimate of drug-likeness (QED) is 0.882. The van der Waals surface area contributed by atoms with E-state index in [0.717, 1.165) is 37.0 Å². The molecule has 1 aromatic carbocycles. The largest absolute Gasteiger partial charge is 0.375 e. The molecule has 0 spiro atoms. The Kier molecular flexibility index (Phi) is 4.93. The lowest BCUT2D eigenvalue weighted by Crippen LogP contribution is -2.46. The first kappa shape index (κ1) is 16.0. The van der Waals surface area contributed by atoms with Gasteiger partial charge in [-0.25, -0.2) is 0 Å². The van der Waals surface area contributed by atoms with Crippen molar-refractivity contribution in [3.05, 3.63) is 30.0 Å². The number of ether oxygens (including phenoxy) is 1. The van der Waals surface area contributed by atoms with E-state index in [1.807, 2.05) is 24.3 Å². The monoisotopic (exact) mass is 316 g/mol. The van der Waals surface area contributed by atoms with Crippen LogP contribution in [0.25, 0.3) is 10.9 Å². The van der Waals surface area contributed by atoms with Crippen LogP contribution in [0.3, 0.4) is 0 Å². The Morgan fingerprint density at radius 1 is 1.48 bits per heavy atom. The molecule has 0 bridgehead atoms. The second-order valence-electron chi connectivity index (χ2n) is 6.24. The first-order chi connectivity index (χ1) is 11.1. The van der Waals surface area contributed by atoms with Crippen molar-refractivity contribution in [2.45, 2.75) is 32.4 Å². The summed E-state index contributed by atoms with van der Waals surface area (Å²) in [4.78, 5) is 14.7. The zero-order valence-corrected chi connectivity index (χ0v) is 13.7. The number of carbonyl (C=O) groups excluding carboxylic acids is 1. The highest BCUT2D eigenvalue weighted by atomic mass is 16.5. The topological polar surface area (TPSA) is 70.2 Å². The molecule has 6 heteroatoms. The molecule has 0 radical (unpaired) electrons. The molecule has 6 nitrogen and oxygen atoms in total. The smallest absolute Gasteiger partial charge is 0.272 e. The summed E-state index contributed by atoms with van der Waals surface area (Å²) in [7, 11) is 0. The van der Waals surface area contributed by atoms with Gasteiger partial charge in [-0.3, -0.25) is 14.8 Å². The molecule has 23 heavy (non-hydrogen) atoms. The van der Waals surface area contributed by atoms with E-state index in [1.54, 1.807) is 0 Å². The van der Waals surface area contributed by atoms with Gasteiger partial charge in [-0.2, -0.15) is 5.10 Å². The van der Waals surface area contributed by atoms with E-state index < -0.39 is 0 Å². The van der Waals surface area contributed by atoms with Crippen LogP contribution in [0.4, 0.5) is 0 Å². The maximum Gasteiger partial charge on any atom is 0.272 e. The zero-order chi connectivity index (χ0) is 16.2. The van der Waals surface area contributed by atoms with E-state index >= 15 is 0 Å². The fraction of sp³-hybridized carbons (Fsp3) is 0.529. The van der Waals surface area contributed by atoms with E-state index in [-0.39, 0.29) is 12.0 Å². The first-order valence-corrected chi connectivity index (χ1v) is 8.22. The molecule has 1 fully saturated rings. The van der Waals surface area contributed by atoms with Gasteiger partial charge in [0.2, 0.25) is 0 Å². The minimum atomic E-state index is -0.140. The number of rotatable bonds is 5. The fourth-order valence-corrected chi connectivity index (χ4v) is 2.95. The molecular weight excluding hydrogens is 292 g/mol. The molecule has 1 aliphatic heterocycles. The maximum atomic E-state index is 12.3. The molecule has 1 aromatic heterocycles. The number of para-hydroxylation sites is 1. The van der Waals surface area contributed by atoms with Crippen molar-refractivity contribution < 1.29 is 9.53 Å². The van der Waals surface area contributed by atoms with E-state index in [1.165, 1.54) is 0 Å². The van der Waals surface area contributed by atoms with Crippen molar-refractivity contribution in [3.8, 4) is 0 Å². The lowest BCUT2D eigenvalue weighted by molar-refractivity contribution is -0.0412. The lowest BCUT2D eigenvalue weighted by atomic mass is 10.1. The van der Waals surface area contributed by atoms with Crippen molar-refractivity contribution in [3.63, 3.8) is 0 Å². The molecule has 124 valence electrons. The highest BCUT2D eigenvalue weighted by Crippen LogP contribution is 2.15. The number of benzene rings is 1. The highest BCUT2D eigenvalue weighted by Gasteiger charge is 2.22. The first-order valence-electron chi connectivity index (χ1n) is 8.22. The molecular formula is C17H24N4O2. The molecule has 2 heterocycles. The van der Waals surface area contributed by atoms with E-state index in [2.05, 4.69) is 34.3 Å². The van der Waals surface area contributed by atoms with Crippen LogP contribution >= 0.6 is 0 Å². The third kappa shape index (κ3) is 3.71. The Morgan fingerprint density at radius 3 is 3.13 bits per heavy atom. The second kappa shape index (κ2) is 7.10. The molecule has 1 aliphatic rings. The summed E-state index contributed by atoms with van der Waals surface area (Å²) in [5.41, 5.74) is 1.33. The number of nitrogens with zero attached hydrogens (tertiary/aromatic N) is 2. The molecule has 0 aliphatic carbocycles. The molecule has 2 aromatic rings. The third-order valence-electron chi connectivity index (χ3n) is 4.34. The van der Waals surface area contributed by atoms with E-state index in [0.29, 0.717) is 18.3 Å². The van der Waals surface area contributed by atoms with Crippen LogP contribution in [0, 0.1) is 0 Å². The van der Waals surface area contributed by atoms with Crippen LogP contribution in [0.2, 0.25) is 0 Å². The van der Waals surface area contributed by atoms with Crippen LogP contribution in [0.15, 0.2) is 24.3 Å². The molecule has 1 atom stereocenters. The standard InChI is InChI=1S/C17H24N4O2/c1-12(2)21-9-10-23-13(11-21)7-8-18-17(22)16-14-5-3-4-6-15(14)19-20-16/h3-6,12-13H,7-11H2,1-2H3,(H,18,22)(H,19,20)/t13-/m0/s1. The van der Waals surface area contributed by atoms with Gasteiger partial charge in [-0.15, -0.1) is 0 Å². The second-order valence-corrected chi connectivity index (χ2v) is 6.24. The van der Waals surface area contributed by atoms with Gasteiger partial charge in [0.15, 0.2) is 5.69 Å².